The number of ether oxygens (including phenoxy) is 2. The van der Waals surface area contributed by atoms with Gasteiger partial charge in [-0.2, -0.15) is 0 Å². The van der Waals surface area contributed by atoms with E-state index < -0.39 is 17.0 Å². The highest BCUT2D eigenvalue weighted by molar-refractivity contribution is 5.90. The average Bonchev–Trinajstić information content (AvgIpc) is 2.80. The molecule has 4 nitrogen and oxygen atoms in total. The molecule has 1 fully saturated rings. The van der Waals surface area contributed by atoms with Crippen LogP contribution in [0.2, 0.25) is 0 Å². The largest absolute Gasteiger partial charge is 0.467 e. The SMILES string of the molecule is CCOC1(C(=O)OC)C(=C=O)C2(C)C=CC1C2. The molecule has 0 spiro atoms. The van der Waals surface area contributed by atoms with Crippen LogP contribution in [0.4, 0.5) is 0 Å². The van der Waals surface area contributed by atoms with E-state index in [2.05, 4.69) is 0 Å². The molecule has 1 saturated carbocycles. The molecule has 92 valence electrons. The molecule has 3 atom stereocenters. The van der Waals surface area contributed by atoms with E-state index in [1.54, 1.807) is 6.92 Å². The lowest BCUT2D eigenvalue weighted by atomic mass is 9.78. The number of carbonyl (C=O) groups excluding carboxylic acids is 2. The van der Waals surface area contributed by atoms with Crippen molar-refractivity contribution < 1.29 is 19.1 Å². The second-order valence-electron chi connectivity index (χ2n) is 4.72. The van der Waals surface area contributed by atoms with Gasteiger partial charge in [-0.3, -0.25) is 0 Å². The number of hydrogen-bond donors (Lipinski definition) is 0. The van der Waals surface area contributed by atoms with Gasteiger partial charge in [-0.05, 0) is 13.3 Å². The molecular formula is C13H16O4. The lowest BCUT2D eigenvalue weighted by Gasteiger charge is -2.34. The zero-order valence-electron chi connectivity index (χ0n) is 10.3. The average molecular weight is 236 g/mol. The molecule has 0 aliphatic heterocycles. The molecule has 0 amide bonds. The summed E-state index contributed by atoms with van der Waals surface area (Å²) >= 11 is 0. The Morgan fingerprint density at radius 2 is 2.35 bits per heavy atom. The van der Waals surface area contributed by atoms with E-state index >= 15 is 0 Å². The number of rotatable bonds is 3. The Hall–Kier alpha value is -1.38. The van der Waals surface area contributed by atoms with E-state index in [0.29, 0.717) is 18.6 Å². The number of methoxy groups -OCH3 is 1. The Morgan fingerprint density at radius 3 is 2.88 bits per heavy atom. The molecule has 4 heteroatoms. The molecule has 2 bridgehead atoms. The van der Waals surface area contributed by atoms with Crippen molar-refractivity contribution in [1.29, 1.82) is 0 Å². The summed E-state index contributed by atoms with van der Waals surface area (Å²) in [6.07, 6.45) is 4.60. The second-order valence-corrected chi connectivity index (χ2v) is 4.72. The number of esters is 1. The molecule has 3 unspecified atom stereocenters. The highest BCUT2D eigenvalue weighted by atomic mass is 16.6. The Kier molecular flexibility index (Phi) is 2.72. The van der Waals surface area contributed by atoms with Gasteiger partial charge >= 0.3 is 5.97 Å². The van der Waals surface area contributed by atoms with Crippen molar-refractivity contribution in [3.8, 4) is 0 Å². The lowest BCUT2D eigenvalue weighted by molar-refractivity contribution is -0.166. The van der Waals surface area contributed by atoms with Gasteiger partial charge in [0.15, 0.2) is 0 Å². The van der Waals surface area contributed by atoms with E-state index in [9.17, 15) is 9.59 Å². The van der Waals surface area contributed by atoms with E-state index in [1.165, 1.54) is 7.11 Å². The molecular weight excluding hydrogens is 220 g/mol. The molecule has 2 rings (SSSR count). The fourth-order valence-electron chi connectivity index (χ4n) is 3.06. The molecule has 2 aliphatic rings. The van der Waals surface area contributed by atoms with Crippen LogP contribution in [0.1, 0.15) is 20.3 Å². The third-order valence-corrected chi connectivity index (χ3v) is 3.77. The maximum absolute atomic E-state index is 12.0. The van der Waals surface area contributed by atoms with Crippen molar-refractivity contribution in [3.63, 3.8) is 0 Å². The molecule has 0 radical (unpaired) electrons. The molecule has 0 aromatic heterocycles. The van der Waals surface area contributed by atoms with Crippen LogP contribution in [-0.2, 0) is 19.1 Å². The Bertz CT molecular complexity index is 433. The summed E-state index contributed by atoms with van der Waals surface area (Å²) in [7, 11) is 1.31. The third-order valence-electron chi connectivity index (χ3n) is 3.77. The zero-order valence-corrected chi connectivity index (χ0v) is 10.3. The van der Waals surface area contributed by atoms with Crippen molar-refractivity contribution in [1.82, 2.24) is 0 Å². The van der Waals surface area contributed by atoms with Gasteiger partial charge < -0.3 is 9.47 Å². The normalized spacial score (nSPS) is 38.3. The molecule has 0 N–H and O–H groups in total. The summed E-state index contributed by atoms with van der Waals surface area (Å²) < 4.78 is 10.4. The Labute approximate surface area is 100 Å². The van der Waals surface area contributed by atoms with Gasteiger partial charge in [0.25, 0.3) is 0 Å². The monoisotopic (exact) mass is 236 g/mol. The van der Waals surface area contributed by atoms with Crippen molar-refractivity contribution in [3.05, 3.63) is 17.7 Å². The molecule has 17 heavy (non-hydrogen) atoms. The van der Waals surface area contributed by atoms with Crippen molar-refractivity contribution in [2.75, 3.05) is 13.7 Å². The quantitative estimate of drug-likeness (QED) is 0.421. The minimum absolute atomic E-state index is 0.128. The second kappa shape index (κ2) is 3.83. The molecule has 0 heterocycles. The summed E-state index contributed by atoms with van der Waals surface area (Å²) in [6.45, 7) is 4.07. The maximum Gasteiger partial charge on any atom is 0.343 e. The van der Waals surface area contributed by atoms with E-state index in [-0.39, 0.29) is 5.92 Å². The number of fused-ring (bicyclic) bond motifs is 2. The Morgan fingerprint density at radius 1 is 1.65 bits per heavy atom. The number of carbonyl (C=O) groups is 1. The van der Waals surface area contributed by atoms with Crippen LogP contribution < -0.4 is 0 Å². The van der Waals surface area contributed by atoms with Gasteiger partial charge in [0, 0.05) is 17.9 Å². The topological polar surface area (TPSA) is 52.6 Å². The highest BCUT2D eigenvalue weighted by Gasteiger charge is 2.65. The number of hydrogen-bond acceptors (Lipinski definition) is 4. The van der Waals surface area contributed by atoms with Gasteiger partial charge in [0.2, 0.25) is 5.60 Å². The van der Waals surface area contributed by atoms with Gasteiger partial charge in [-0.1, -0.05) is 19.1 Å². The third kappa shape index (κ3) is 1.34. The minimum atomic E-state index is -1.26. The van der Waals surface area contributed by atoms with Crippen LogP contribution in [0.15, 0.2) is 17.7 Å². The van der Waals surface area contributed by atoms with Crippen LogP contribution in [0.3, 0.4) is 0 Å². The van der Waals surface area contributed by atoms with Crippen LogP contribution in [0.5, 0.6) is 0 Å². The fourth-order valence-corrected chi connectivity index (χ4v) is 3.06. The lowest BCUT2D eigenvalue weighted by Crippen LogP contribution is -2.49. The van der Waals surface area contributed by atoms with E-state index in [1.807, 2.05) is 25.0 Å². The van der Waals surface area contributed by atoms with Crippen LogP contribution in [-0.4, -0.2) is 31.2 Å². The van der Waals surface area contributed by atoms with Gasteiger partial charge in [-0.15, -0.1) is 0 Å². The summed E-state index contributed by atoms with van der Waals surface area (Å²) in [6, 6.07) is 0. The Balaban J connectivity index is 2.58. The summed E-state index contributed by atoms with van der Waals surface area (Å²) in [5.41, 5.74) is -1.31. The smallest absolute Gasteiger partial charge is 0.343 e. The number of allylic oxidation sites excluding steroid dienone is 1. The summed E-state index contributed by atoms with van der Waals surface area (Å²) in [4.78, 5) is 23.3. The van der Waals surface area contributed by atoms with Gasteiger partial charge in [0.05, 0.1) is 12.7 Å². The molecule has 0 saturated heterocycles. The highest BCUT2D eigenvalue weighted by Crippen LogP contribution is 2.58. The van der Waals surface area contributed by atoms with Crippen molar-refractivity contribution in [2.24, 2.45) is 11.3 Å². The van der Waals surface area contributed by atoms with Crippen LogP contribution >= 0.6 is 0 Å². The predicted octanol–water partition coefficient (Wildman–Crippen LogP) is 1.29. The first-order chi connectivity index (χ1) is 8.05. The maximum atomic E-state index is 12.0. The first-order valence-electron chi connectivity index (χ1n) is 5.73. The first-order valence-corrected chi connectivity index (χ1v) is 5.73. The van der Waals surface area contributed by atoms with E-state index in [4.69, 9.17) is 9.47 Å². The van der Waals surface area contributed by atoms with Crippen molar-refractivity contribution >= 4 is 11.9 Å². The van der Waals surface area contributed by atoms with E-state index in [0.717, 1.165) is 0 Å². The first kappa shape index (κ1) is 12.1. The minimum Gasteiger partial charge on any atom is -0.467 e. The summed E-state index contributed by atoms with van der Waals surface area (Å²) in [5.74, 6) is 1.28. The fraction of sp³-hybridized carbons (Fsp3) is 0.615. The van der Waals surface area contributed by atoms with Gasteiger partial charge in [0.1, 0.15) is 5.94 Å². The zero-order chi connectivity index (χ0) is 12.7. The molecule has 0 aromatic rings. The van der Waals surface area contributed by atoms with Crippen LogP contribution in [0.25, 0.3) is 0 Å². The summed E-state index contributed by atoms with van der Waals surface area (Å²) in [5, 5.41) is 0. The standard InChI is InChI=1S/C13H16O4/c1-4-17-13(11(15)16-3)9-5-6-12(2,7-9)10(13)8-14/h5-6,9H,4,7H2,1-3H3. The predicted molar refractivity (Wildman–Crippen MR) is 60.9 cm³/mol. The van der Waals surface area contributed by atoms with Gasteiger partial charge in [-0.25, -0.2) is 9.59 Å². The van der Waals surface area contributed by atoms with Crippen LogP contribution in [0, 0.1) is 11.3 Å². The van der Waals surface area contributed by atoms with Crippen molar-refractivity contribution in [2.45, 2.75) is 25.9 Å². The molecule has 2 aliphatic carbocycles. The molecule has 0 aromatic carbocycles.